The van der Waals surface area contributed by atoms with Crippen LogP contribution < -0.4 is 0 Å². The topological polar surface area (TPSA) is 3.24 Å². The molecule has 1 nitrogen and oxygen atoms in total. The Morgan fingerprint density at radius 3 is 1.81 bits per heavy atom. The van der Waals surface area contributed by atoms with Crippen molar-refractivity contribution < 1.29 is 0 Å². The zero-order chi connectivity index (χ0) is 17.6. The first kappa shape index (κ1) is 17.4. The summed E-state index contributed by atoms with van der Waals surface area (Å²) in [5.41, 5.74) is 1.44. The second kappa shape index (κ2) is 8.57. The van der Waals surface area contributed by atoms with E-state index in [1.165, 1.54) is 52.6 Å². The third-order valence-corrected chi connectivity index (χ3v) is 7.16. The molecule has 0 aliphatic carbocycles. The predicted molar refractivity (Wildman–Crippen MR) is 111 cm³/mol. The number of piperidine rings is 1. The van der Waals surface area contributed by atoms with Crippen molar-refractivity contribution >= 4 is 10.9 Å². The predicted octanol–water partition coefficient (Wildman–Crippen LogP) is 5.77. The Kier molecular flexibility index (Phi) is 5.73. The molecular weight excluding hydrogens is 334 g/mol. The standard InChI is InChI=1S/C24H26NS/c1-4-12-22(13-5-1)26(23-14-6-2-7-15-23)24-16-10-11-21(19-24)20-25-17-8-3-9-18-25/h1-2,4-7,10-16,19H,3,8-9,17-18,20H2/q+1. The van der Waals surface area contributed by atoms with Crippen LogP contribution in [0.5, 0.6) is 0 Å². The fourth-order valence-corrected chi connectivity index (χ4v) is 5.83. The van der Waals surface area contributed by atoms with Gasteiger partial charge < -0.3 is 0 Å². The lowest BCUT2D eigenvalue weighted by Crippen LogP contribution is -2.29. The highest BCUT2D eigenvalue weighted by Gasteiger charge is 2.28. The maximum atomic E-state index is 2.60. The summed E-state index contributed by atoms with van der Waals surface area (Å²) in [5, 5.41) is 0. The van der Waals surface area contributed by atoms with E-state index in [1.807, 2.05) is 0 Å². The summed E-state index contributed by atoms with van der Waals surface area (Å²) in [6.45, 7) is 3.56. The Hall–Kier alpha value is -2.03. The minimum atomic E-state index is -0.0500. The molecule has 0 atom stereocenters. The van der Waals surface area contributed by atoms with Gasteiger partial charge in [0.1, 0.15) is 0 Å². The zero-order valence-corrected chi connectivity index (χ0v) is 16.0. The molecule has 0 aromatic heterocycles. The van der Waals surface area contributed by atoms with Crippen LogP contribution in [0.3, 0.4) is 0 Å². The number of nitrogens with zero attached hydrogens (tertiary/aromatic N) is 1. The van der Waals surface area contributed by atoms with Gasteiger partial charge in [0.2, 0.25) is 0 Å². The SMILES string of the molecule is c1ccc([S+](c2ccccc2)c2cccc(CN3CCCCC3)c2)cc1. The lowest BCUT2D eigenvalue weighted by molar-refractivity contribution is 0.221. The second-order valence-corrected chi connectivity index (χ2v) is 8.94. The Morgan fingerprint density at radius 2 is 1.19 bits per heavy atom. The Bertz CT molecular complexity index is 770. The van der Waals surface area contributed by atoms with Crippen molar-refractivity contribution in [2.75, 3.05) is 13.1 Å². The van der Waals surface area contributed by atoms with Crippen molar-refractivity contribution in [1.82, 2.24) is 4.90 Å². The van der Waals surface area contributed by atoms with Crippen LogP contribution in [0.25, 0.3) is 0 Å². The lowest BCUT2D eigenvalue weighted by Gasteiger charge is -2.26. The molecule has 1 fully saturated rings. The Balaban J connectivity index is 1.66. The summed E-state index contributed by atoms with van der Waals surface area (Å²) in [7, 11) is -0.0500. The van der Waals surface area contributed by atoms with Gasteiger partial charge >= 0.3 is 0 Å². The van der Waals surface area contributed by atoms with Gasteiger partial charge in [-0.25, -0.2) is 0 Å². The van der Waals surface area contributed by atoms with Crippen LogP contribution in [0, 0.1) is 0 Å². The van der Waals surface area contributed by atoms with E-state index in [1.54, 1.807) is 0 Å². The van der Waals surface area contributed by atoms with Gasteiger partial charge in [-0.3, -0.25) is 4.90 Å². The maximum absolute atomic E-state index is 2.60. The molecular formula is C24H26NS+. The molecule has 1 saturated heterocycles. The number of hydrogen-bond acceptors (Lipinski definition) is 1. The summed E-state index contributed by atoms with van der Waals surface area (Å²) in [6, 6.07) is 31.1. The Morgan fingerprint density at radius 1 is 0.615 bits per heavy atom. The molecule has 132 valence electrons. The maximum Gasteiger partial charge on any atom is 0.166 e. The normalized spacial score (nSPS) is 15.3. The number of benzene rings is 3. The average Bonchev–Trinajstić information content (AvgIpc) is 2.71. The molecule has 3 aromatic rings. The van der Waals surface area contributed by atoms with Crippen molar-refractivity contribution in [3.63, 3.8) is 0 Å². The molecule has 1 heterocycles. The highest BCUT2D eigenvalue weighted by molar-refractivity contribution is 7.97. The van der Waals surface area contributed by atoms with Crippen LogP contribution in [-0.4, -0.2) is 18.0 Å². The number of likely N-dealkylation sites (tertiary alicyclic amines) is 1. The van der Waals surface area contributed by atoms with Gasteiger partial charge in [0, 0.05) is 6.54 Å². The second-order valence-electron chi connectivity index (χ2n) is 6.92. The van der Waals surface area contributed by atoms with Crippen LogP contribution in [0.15, 0.2) is 99.6 Å². The average molecular weight is 361 g/mol. The van der Waals surface area contributed by atoms with Crippen LogP contribution in [0.4, 0.5) is 0 Å². The molecule has 26 heavy (non-hydrogen) atoms. The van der Waals surface area contributed by atoms with E-state index >= 15 is 0 Å². The van der Waals surface area contributed by atoms with Gasteiger partial charge in [-0.15, -0.1) is 0 Å². The molecule has 0 radical (unpaired) electrons. The molecule has 2 heteroatoms. The van der Waals surface area contributed by atoms with E-state index < -0.39 is 0 Å². The van der Waals surface area contributed by atoms with Crippen LogP contribution >= 0.6 is 0 Å². The van der Waals surface area contributed by atoms with Gasteiger partial charge in [-0.2, -0.15) is 0 Å². The molecule has 0 spiro atoms. The summed E-state index contributed by atoms with van der Waals surface area (Å²) in [5.74, 6) is 0. The van der Waals surface area contributed by atoms with E-state index in [2.05, 4.69) is 89.8 Å². The first-order valence-electron chi connectivity index (χ1n) is 9.56. The monoisotopic (exact) mass is 360 g/mol. The first-order chi connectivity index (χ1) is 12.9. The Labute approximate surface area is 160 Å². The smallest absolute Gasteiger partial charge is 0.166 e. The summed E-state index contributed by atoms with van der Waals surface area (Å²) in [6.07, 6.45) is 4.08. The van der Waals surface area contributed by atoms with E-state index in [9.17, 15) is 0 Å². The molecule has 0 bridgehead atoms. The third-order valence-electron chi connectivity index (χ3n) is 4.95. The molecule has 0 amide bonds. The largest absolute Gasteiger partial charge is 0.299 e. The van der Waals surface area contributed by atoms with E-state index in [0.717, 1.165) is 6.54 Å². The molecule has 3 aromatic carbocycles. The molecule has 0 saturated carbocycles. The molecule has 0 N–H and O–H groups in total. The highest BCUT2D eigenvalue weighted by Crippen LogP contribution is 2.31. The molecule has 4 rings (SSSR count). The van der Waals surface area contributed by atoms with Crippen LogP contribution in [-0.2, 0) is 17.4 Å². The van der Waals surface area contributed by atoms with Gasteiger partial charge in [-0.05, 0) is 67.9 Å². The van der Waals surface area contributed by atoms with Crippen LogP contribution in [0.1, 0.15) is 24.8 Å². The van der Waals surface area contributed by atoms with Gasteiger partial charge in [-0.1, -0.05) is 55.0 Å². The zero-order valence-electron chi connectivity index (χ0n) is 15.2. The van der Waals surface area contributed by atoms with Crippen molar-refractivity contribution in [2.45, 2.75) is 40.5 Å². The molecule has 1 aliphatic rings. The number of hydrogen-bond donors (Lipinski definition) is 0. The molecule has 1 aliphatic heterocycles. The third kappa shape index (κ3) is 4.20. The van der Waals surface area contributed by atoms with Crippen molar-refractivity contribution in [3.8, 4) is 0 Å². The fraction of sp³-hybridized carbons (Fsp3) is 0.250. The summed E-state index contributed by atoms with van der Waals surface area (Å²) in [4.78, 5) is 6.78. The highest BCUT2D eigenvalue weighted by atomic mass is 32.2. The minimum absolute atomic E-state index is 0.0500. The van der Waals surface area contributed by atoms with E-state index in [4.69, 9.17) is 0 Å². The van der Waals surface area contributed by atoms with E-state index in [-0.39, 0.29) is 10.9 Å². The first-order valence-corrected chi connectivity index (χ1v) is 10.8. The summed E-state index contributed by atoms with van der Waals surface area (Å²) < 4.78 is 0. The van der Waals surface area contributed by atoms with Crippen molar-refractivity contribution in [3.05, 3.63) is 90.5 Å². The number of rotatable bonds is 5. The fourth-order valence-electron chi connectivity index (χ4n) is 3.67. The summed E-state index contributed by atoms with van der Waals surface area (Å²) >= 11 is 0. The minimum Gasteiger partial charge on any atom is -0.299 e. The van der Waals surface area contributed by atoms with E-state index in [0.29, 0.717) is 0 Å². The lowest BCUT2D eigenvalue weighted by atomic mass is 10.1. The van der Waals surface area contributed by atoms with Gasteiger partial charge in [0.05, 0.1) is 10.9 Å². The van der Waals surface area contributed by atoms with Gasteiger partial charge in [0.15, 0.2) is 14.7 Å². The van der Waals surface area contributed by atoms with Gasteiger partial charge in [0.25, 0.3) is 0 Å². The molecule has 0 unspecified atom stereocenters. The van der Waals surface area contributed by atoms with Crippen molar-refractivity contribution in [1.29, 1.82) is 0 Å². The van der Waals surface area contributed by atoms with Crippen LogP contribution in [0.2, 0.25) is 0 Å². The quantitative estimate of drug-likeness (QED) is 0.522. The van der Waals surface area contributed by atoms with Crippen molar-refractivity contribution in [2.24, 2.45) is 0 Å².